The second kappa shape index (κ2) is 5.15. The van der Waals surface area contributed by atoms with Gasteiger partial charge in [0.2, 0.25) is 0 Å². The minimum absolute atomic E-state index is 0.0509. The SMILES string of the molecule is CCCC(C(=O)O)C1CCS[Se]1. The van der Waals surface area contributed by atoms with E-state index in [2.05, 4.69) is 6.92 Å². The quantitative estimate of drug-likeness (QED) is 0.779. The molecule has 0 aromatic rings. The summed E-state index contributed by atoms with van der Waals surface area (Å²) in [7, 11) is 1.95. The van der Waals surface area contributed by atoms with Gasteiger partial charge in [0.15, 0.2) is 0 Å². The van der Waals surface area contributed by atoms with E-state index in [1.54, 1.807) is 0 Å². The van der Waals surface area contributed by atoms with Gasteiger partial charge in [0.25, 0.3) is 0 Å². The Hall–Kier alpha value is 0.339. The Kier molecular flexibility index (Phi) is 4.47. The monoisotopic (exact) mass is 254 g/mol. The summed E-state index contributed by atoms with van der Waals surface area (Å²) in [4.78, 5) is 11.4. The van der Waals surface area contributed by atoms with E-state index in [1.165, 1.54) is 5.75 Å². The van der Waals surface area contributed by atoms with Crippen LogP contribution in [-0.4, -0.2) is 30.7 Å². The van der Waals surface area contributed by atoms with Gasteiger partial charge >= 0.3 is 82.6 Å². The minimum atomic E-state index is -0.578. The van der Waals surface area contributed by atoms with Crippen molar-refractivity contribution in [3.63, 3.8) is 0 Å². The van der Waals surface area contributed by atoms with Gasteiger partial charge in [-0.1, -0.05) is 0 Å². The maximum absolute atomic E-state index is 10.9. The van der Waals surface area contributed by atoms with Crippen LogP contribution in [0, 0.1) is 5.92 Å². The molecule has 1 aliphatic rings. The van der Waals surface area contributed by atoms with Gasteiger partial charge in [0.1, 0.15) is 0 Å². The zero-order valence-corrected chi connectivity index (χ0v) is 9.68. The van der Waals surface area contributed by atoms with Crippen molar-refractivity contribution in [2.75, 3.05) is 5.75 Å². The first-order chi connectivity index (χ1) is 5.75. The zero-order chi connectivity index (χ0) is 8.97. The van der Waals surface area contributed by atoms with Crippen molar-refractivity contribution in [2.45, 2.75) is 31.0 Å². The third kappa shape index (κ3) is 2.68. The van der Waals surface area contributed by atoms with Crippen LogP contribution in [0.3, 0.4) is 0 Å². The van der Waals surface area contributed by atoms with E-state index in [1.807, 2.05) is 10.2 Å². The molecule has 70 valence electrons. The molecule has 1 heterocycles. The molecule has 0 spiro atoms. The number of carboxylic acids is 1. The van der Waals surface area contributed by atoms with Crippen LogP contribution in [0.1, 0.15) is 26.2 Å². The Bertz CT molecular complexity index is 157. The van der Waals surface area contributed by atoms with Gasteiger partial charge in [-0.05, 0) is 0 Å². The molecule has 1 rings (SSSR count). The van der Waals surface area contributed by atoms with Gasteiger partial charge in [-0.25, -0.2) is 0 Å². The fourth-order valence-electron chi connectivity index (χ4n) is 1.40. The molecule has 0 bridgehead atoms. The number of hydrogen-bond donors (Lipinski definition) is 1. The Morgan fingerprint density at radius 2 is 2.58 bits per heavy atom. The Morgan fingerprint density at radius 1 is 1.83 bits per heavy atom. The molecule has 1 aliphatic heterocycles. The number of rotatable bonds is 4. The fourth-order valence-corrected chi connectivity index (χ4v) is 7.12. The van der Waals surface area contributed by atoms with E-state index in [-0.39, 0.29) is 5.92 Å². The molecule has 0 radical (unpaired) electrons. The molecule has 0 aliphatic carbocycles. The average molecular weight is 253 g/mol. The van der Waals surface area contributed by atoms with Gasteiger partial charge < -0.3 is 0 Å². The second-order valence-electron chi connectivity index (χ2n) is 2.98. The molecule has 0 aromatic heterocycles. The summed E-state index contributed by atoms with van der Waals surface area (Å²) < 4.78 is 0. The molecular weight excluding hydrogens is 239 g/mol. The van der Waals surface area contributed by atoms with Crippen molar-refractivity contribution in [1.29, 1.82) is 0 Å². The summed E-state index contributed by atoms with van der Waals surface area (Å²) in [6.07, 6.45) is 2.98. The third-order valence-electron chi connectivity index (χ3n) is 2.04. The van der Waals surface area contributed by atoms with Gasteiger partial charge in [-0.3, -0.25) is 0 Å². The van der Waals surface area contributed by atoms with Crippen LogP contribution in [0.15, 0.2) is 0 Å². The van der Waals surface area contributed by atoms with Crippen LogP contribution >= 0.6 is 10.2 Å². The fraction of sp³-hybridized carbons (Fsp3) is 0.875. The summed E-state index contributed by atoms with van der Waals surface area (Å²) in [5.74, 6) is 0.550. The Labute approximate surface area is 82.7 Å². The van der Waals surface area contributed by atoms with Gasteiger partial charge in [0, 0.05) is 0 Å². The molecule has 1 N–H and O–H groups in total. The molecule has 12 heavy (non-hydrogen) atoms. The molecule has 2 unspecified atom stereocenters. The molecule has 0 aromatic carbocycles. The molecule has 2 nitrogen and oxygen atoms in total. The molecule has 4 heteroatoms. The number of carboxylic acid groups (broad SMARTS) is 1. The van der Waals surface area contributed by atoms with Crippen LogP contribution < -0.4 is 0 Å². The Balaban J connectivity index is 2.45. The van der Waals surface area contributed by atoms with Gasteiger partial charge in [-0.2, -0.15) is 0 Å². The molecule has 2 atom stereocenters. The van der Waals surface area contributed by atoms with Crippen LogP contribution in [0.2, 0.25) is 4.82 Å². The van der Waals surface area contributed by atoms with E-state index in [0.717, 1.165) is 19.3 Å². The van der Waals surface area contributed by atoms with Gasteiger partial charge in [-0.15, -0.1) is 0 Å². The van der Waals surface area contributed by atoms with E-state index >= 15 is 0 Å². The maximum atomic E-state index is 10.9. The van der Waals surface area contributed by atoms with Crippen LogP contribution in [0.25, 0.3) is 0 Å². The average Bonchev–Trinajstić information content (AvgIpc) is 2.51. The van der Waals surface area contributed by atoms with E-state index in [0.29, 0.717) is 18.7 Å². The predicted molar refractivity (Wildman–Crippen MR) is 52.6 cm³/mol. The summed E-state index contributed by atoms with van der Waals surface area (Å²) in [5, 5.41) is 8.97. The van der Waals surface area contributed by atoms with Crippen molar-refractivity contribution in [3.05, 3.63) is 0 Å². The summed E-state index contributed by atoms with van der Waals surface area (Å²) in [5.41, 5.74) is 0. The van der Waals surface area contributed by atoms with Crippen LogP contribution in [0.4, 0.5) is 0 Å². The van der Waals surface area contributed by atoms with Crippen molar-refractivity contribution >= 4 is 30.0 Å². The molecule has 0 amide bonds. The number of hydrogen-bond acceptors (Lipinski definition) is 2. The zero-order valence-electron chi connectivity index (χ0n) is 7.16. The Morgan fingerprint density at radius 3 is 3.00 bits per heavy atom. The predicted octanol–water partition coefficient (Wildman–Crippen LogP) is 2.03. The topological polar surface area (TPSA) is 37.3 Å². The number of aliphatic carboxylic acids is 1. The van der Waals surface area contributed by atoms with Crippen molar-refractivity contribution in [3.8, 4) is 0 Å². The van der Waals surface area contributed by atoms with E-state index in [4.69, 9.17) is 5.11 Å². The van der Waals surface area contributed by atoms with Crippen molar-refractivity contribution < 1.29 is 9.90 Å². The first kappa shape index (κ1) is 10.4. The molecule has 0 saturated carbocycles. The van der Waals surface area contributed by atoms with Gasteiger partial charge in [0.05, 0.1) is 0 Å². The van der Waals surface area contributed by atoms with Crippen LogP contribution in [-0.2, 0) is 4.79 Å². The summed E-state index contributed by atoms with van der Waals surface area (Å²) in [6, 6.07) is 0. The number of carbonyl (C=O) groups is 1. The van der Waals surface area contributed by atoms with E-state index < -0.39 is 5.97 Å². The first-order valence-electron chi connectivity index (χ1n) is 4.26. The third-order valence-corrected chi connectivity index (χ3v) is 7.47. The first-order valence-corrected chi connectivity index (χ1v) is 8.26. The van der Waals surface area contributed by atoms with Crippen molar-refractivity contribution in [1.82, 2.24) is 0 Å². The molecule has 1 saturated heterocycles. The molecular formula is C8H14O2SSe. The van der Waals surface area contributed by atoms with Crippen molar-refractivity contribution in [2.24, 2.45) is 5.92 Å². The molecule has 1 fully saturated rings. The summed E-state index contributed by atoms with van der Waals surface area (Å²) in [6.45, 7) is 2.06. The van der Waals surface area contributed by atoms with E-state index in [9.17, 15) is 4.79 Å². The second-order valence-corrected chi connectivity index (χ2v) is 7.78. The normalized spacial score (nSPS) is 25.6. The summed E-state index contributed by atoms with van der Waals surface area (Å²) >= 11 is 0.526. The standard InChI is InChI=1S/C8H14O2SSe/c1-2-3-6(8(9)10)7-4-5-11-12-7/h6-7H,2-5H2,1H3,(H,9,10). The van der Waals surface area contributed by atoms with Crippen LogP contribution in [0.5, 0.6) is 0 Å².